The van der Waals surface area contributed by atoms with Crippen LogP contribution in [-0.2, 0) is 6.42 Å². The van der Waals surface area contributed by atoms with Gasteiger partial charge in [-0.1, -0.05) is 6.92 Å². The molecule has 8 nitrogen and oxygen atoms in total. The van der Waals surface area contributed by atoms with E-state index < -0.39 is 0 Å². The first-order valence-corrected chi connectivity index (χ1v) is 11.9. The van der Waals surface area contributed by atoms with Gasteiger partial charge in [0.15, 0.2) is 16.6 Å². The van der Waals surface area contributed by atoms with E-state index >= 15 is 0 Å². The van der Waals surface area contributed by atoms with Crippen LogP contribution >= 0.6 is 11.3 Å². The number of nitrogens with zero attached hydrogens (tertiary/aromatic N) is 6. The lowest BCUT2D eigenvalue weighted by Gasteiger charge is -2.33. The zero-order chi connectivity index (χ0) is 22.9. The number of aromatic nitrogens is 4. The summed E-state index contributed by atoms with van der Waals surface area (Å²) < 4.78 is 15.2. The van der Waals surface area contributed by atoms with Crippen molar-refractivity contribution in [3.8, 4) is 11.3 Å². The van der Waals surface area contributed by atoms with E-state index in [9.17, 15) is 9.50 Å². The number of aliphatic hydroxyl groups is 1. The average Bonchev–Trinajstić information content (AvgIpc) is 3.49. The lowest BCUT2D eigenvalue weighted by molar-refractivity contribution is 0.235. The Morgan fingerprint density at radius 2 is 2.03 bits per heavy atom. The summed E-state index contributed by atoms with van der Waals surface area (Å²) in [4.78, 5) is 13.8. The maximum atomic E-state index is 13.3. The van der Waals surface area contributed by atoms with Gasteiger partial charge in [-0.15, -0.1) is 16.4 Å². The van der Waals surface area contributed by atoms with Crippen LogP contribution in [0.3, 0.4) is 0 Å². The monoisotopic (exact) mass is 467 g/mol. The Bertz CT molecular complexity index is 1260. The molecule has 5 rings (SSSR count). The molecular formula is C23H26FN7OS. The predicted molar refractivity (Wildman–Crippen MR) is 129 cm³/mol. The Balaban J connectivity index is 1.50. The summed E-state index contributed by atoms with van der Waals surface area (Å²) in [6.07, 6.45) is 0.759. The van der Waals surface area contributed by atoms with Crippen LogP contribution in [0.15, 0.2) is 41.8 Å². The summed E-state index contributed by atoms with van der Waals surface area (Å²) in [5.74, 6) is 1.47. The van der Waals surface area contributed by atoms with E-state index in [0.29, 0.717) is 6.54 Å². The van der Waals surface area contributed by atoms with E-state index in [4.69, 9.17) is 15.1 Å². The van der Waals surface area contributed by atoms with Gasteiger partial charge in [-0.05, 0) is 42.8 Å². The number of nitrogens with one attached hydrogen (secondary N) is 1. The number of fused-ring (bicyclic) bond motifs is 1. The highest BCUT2D eigenvalue weighted by molar-refractivity contribution is 7.14. The number of aryl methyl sites for hydroxylation is 1. The number of anilines is 3. The quantitative estimate of drug-likeness (QED) is 0.451. The summed E-state index contributed by atoms with van der Waals surface area (Å²) >= 11 is 1.52. The van der Waals surface area contributed by atoms with Crippen molar-refractivity contribution < 1.29 is 9.50 Å². The summed E-state index contributed by atoms with van der Waals surface area (Å²) in [6, 6.07) is 10.4. The minimum atomic E-state index is -0.263. The second kappa shape index (κ2) is 9.05. The van der Waals surface area contributed by atoms with Gasteiger partial charge >= 0.3 is 0 Å². The molecule has 0 saturated carbocycles. The van der Waals surface area contributed by atoms with Crippen LogP contribution in [-0.4, -0.2) is 64.0 Å². The molecule has 1 fully saturated rings. The Kier molecular flexibility index (Phi) is 5.96. The van der Waals surface area contributed by atoms with Crippen molar-refractivity contribution in [2.75, 3.05) is 43.1 Å². The van der Waals surface area contributed by atoms with Gasteiger partial charge in [0.1, 0.15) is 11.6 Å². The van der Waals surface area contributed by atoms with Gasteiger partial charge < -0.3 is 20.2 Å². The molecule has 0 radical (unpaired) electrons. The summed E-state index contributed by atoms with van der Waals surface area (Å²) in [5.41, 5.74) is 3.40. The molecule has 0 spiro atoms. The van der Waals surface area contributed by atoms with Crippen LogP contribution in [0.2, 0.25) is 0 Å². The minimum Gasteiger partial charge on any atom is -0.395 e. The number of thiazole rings is 1. The van der Waals surface area contributed by atoms with E-state index in [0.717, 1.165) is 58.9 Å². The maximum absolute atomic E-state index is 13.3. The largest absolute Gasteiger partial charge is 0.395 e. The molecule has 172 valence electrons. The minimum absolute atomic E-state index is 0.0348. The molecule has 3 aromatic heterocycles. The lowest BCUT2D eigenvalue weighted by atomic mass is 10.2. The zero-order valence-electron chi connectivity index (χ0n) is 18.6. The second-order valence-electron chi connectivity index (χ2n) is 8.06. The Hall–Kier alpha value is -3.08. The van der Waals surface area contributed by atoms with Gasteiger partial charge in [-0.25, -0.2) is 14.4 Å². The number of piperazine rings is 1. The zero-order valence-corrected chi connectivity index (χ0v) is 19.4. The van der Waals surface area contributed by atoms with Crippen LogP contribution in [0, 0.1) is 5.82 Å². The third-order valence-corrected chi connectivity index (χ3v) is 6.80. The fourth-order valence-corrected chi connectivity index (χ4v) is 4.92. The highest BCUT2D eigenvalue weighted by atomic mass is 32.1. The molecule has 33 heavy (non-hydrogen) atoms. The maximum Gasteiger partial charge on any atom is 0.191 e. The number of hydrogen-bond acceptors (Lipinski definition) is 8. The van der Waals surface area contributed by atoms with Crippen LogP contribution in [0.4, 0.5) is 21.2 Å². The number of imidazole rings is 1. The SMILES string of the molecule is CCc1nc2ccc(N3CCN[C@H](CO)C3)nn2c1N(C)c1nc(-c2ccc(F)cc2)cs1. The van der Waals surface area contributed by atoms with Crippen molar-refractivity contribution in [2.24, 2.45) is 0 Å². The van der Waals surface area contributed by atoms with E-state index in [1.807, 2.05) is 34.0 Å². The first-order valence-electron chi connectivity index (χ1n) is 11.0. The van der Waals surface area contributed by atoms with Gasteiger partial charge in [0.2, 0.25) is 0 Å². The molecule has 2 N–H and O–H groups in total. The van der Waals surface area contributed by atoms with E-state index in [1.54, 1.807) is 12.1 Å². The Morgan fingerprint density at radius 1 is 1.21 bits per heavy atom. The first-order chi connectivity index (χ1) is 16.1. The molecule has 1 saturated heterocycles. The van der Waals surface area contributed by atoms with Crippen molar-refractivity contribution in [2.45, 2.75) is 19.4 Å². The molecule has 1 aliphatic heterocycles. The molecule has 10 heteroatoms. The standard InChI is InChI=1S/C23H26FN7OS/c1-3-18-22(29(2)23-27-19(14-33-23)15-4-6-16(24)7-5-15)31-20(26-18)8-9-21(28-31)30-11-10-25-17(12-30)13-32/h4-9,14,17,25,32H,3,10-13H2,1-2H3/t17-/m0/s1. The molecule has 0 bridgehead atoms. The second-order valence-corrected chi connectivity index (χ2v) is 8.89. The van der Waals surface area contributed by atoms with Crippen LogP contribution in [0.5, 0.6) is 0 Å². The van der Waals surface area contributed by atoms with Crippen molar-refractivity contribution >= 4 is 33.8 Å². The van der Waals surface area contributed by atoms with Crippen LogP contribution < -0.4 is 15.1 Å². The normalized spacial score (nSPS) is 16.5. The molecule has 1 aromatic carbocycles. The van der Waals surface area contributed by atoms with Crippen molar-refractivity contribution in [1.82, 2.24) is 24.9 Å². The fourth-order valence-electron chi connectivity index (χ4n) is 4.12. The molecule has 0 amide bonds. The molecule has 1 aliphatic rings. The fraction of sp³-hybridized carbons (Fsp3) is 0.348. The Morgan fingerprint density at radius 3 is 2.79 bits per heavy atom. The van der Waals surface area contributed by atoms with Crippen molar-refractivity contribution in [3.05, 3.63) is 53.3 Å². The van der Waals surface area contributed by atoms with Gasteiger partial charge in [0, 0.05) is 43.7 Å². The number of rotatable bonds is 6. The molecule has 4 aromatic rings. The van der Waals surface area contributed by atoms with Crippen molar-refractivity contribution in [1.29, 1.82) is 0 Å². The number of benzene rings is 1. The van der Waals surface area contributed by atoms with Gasteiger partial charge in [0.05, 0.1) is 18.0 Å². The smallest absolute Gasteiger partial charge is 0.191 e. The van der Waals surface area contributed by atoms with E-state index in [1.165, 1.54) is 23.5 Å². The van der Waals surface area contributed by atoms with Crippen LogP contribution in [0.1, 0.15) is 12.6 Å². The lowest BCUT2D eigenvalue weighted by Crippen LogP contribution is -2.52. The summed E-state index contributed by atoms with van der Waals surface area (Å²) in [5, 5.41) is 20.6. The molecule has 1 atom stereocenters. The predicted octanol–water partition coefficient (Wildman–Crippen LogP) is 3.09. The number of aliphatic hydroxyl groups excluding tert-OH is 1. The average molecular weight is 468 g/mol. The first kappa shape index (κ1) is 21.7. The summed E-state index contributed by atoms with van der Waals surface area (Å²) in [7, 11) is 1.97. The molecule has 0 unspecified atom stereocenters. The van der Waals surface area contributed by atoms with Crippen LogP contribution in [0.25, 0.3) is 16.9 Å². The number of hydrogen-bond donors (Lipinski definition) is 2. The van der Waals surface area contributed by atoms with Gasteiger partial charge in [-0.3, -0.25) is 0 Å². The summed E-state index contributed by atoms with van der Waals surface area (Å²) in [6.45, 7) is 4.49. The Labute approximate surface area is 195 Å². The highest BCUT2D eigenvalue weighted by Crippen LogP contribution is 2.33. The third-order valence-electron chi connectivity index (χ3n) is 5.88. The molecule has 4 heterocycles. The van der Waals surface area contributed by atoms with E-state index in [2.05, 4.69) is 17.1 Å². The van der Waals surface area contributed by atoms with Gasteiger partial charge in [-0.2, -0.15) is 4.52 Å². The third kappa shape index (κ3) is 4.17. The highest BCUT2D eigenvalue weighted by Gasteiger charge is 2.23. The van der Waals surface area contributed by atoms with Crippen molar-refractivity contribution in [3.63, 3.8) is 0 Å². The van der Waals surface area contributed by atoms with E-state index in [-0.39, 0.29) is 18.5 Å². The topological polar surface area (TPSA) is 81.8 Å². The van der Waals surface area contributed by atoms with Gasteiger partial charge in [0.25, 0.3) is 0 Å². The number of halogens is 1. The molecular weight excluding hydrogens is 441 g/mol. The molecule has 0 aliphatic carbocycles.